The van der Waals surface area contributed by atoms with Crippen LogP contribution in [0.15, 0.2) is 52.4 Å². The fourth-order valence-electron chi connectivity index (χ4n) is 3.82. The predicted octanol–water partition coefficient (Wildman–Crippen LogP) is -4.33. The minimum absolute atomic E-state index is 0. The van der Waals surface area contributed by atoms with Gasteiger partial charge in [0.2, 0.25) is 11.5 Å². The number of thiazole rings is 1. The number of thioether (sulfide) groups is 1. The molecule has 2 aliphatic heterocycles. The van der Waals surface area contributed by atoms with Gasteiger partial charge in [0.1, 0.15) is 5.69 Å². The molecule has 13 N–H and O–H groups in total. The summed E-state index contributed by atoms with van der Waals surface area (Å²) >= 11 is 2.41. The van der Waals surface area contributed by atoms with Crippen LogP contribution in [0.1, 0.15) is 26.0 Å². The molecule has 1 fully saturated rings. The van der Waals surface area contributed by atoms with E-state index < -0.39 is 40.5 Å². The Labute approximate surface area is 246 Å². The number of anilines is 1. The first-order chi connectivity index (χ1) is 17.5. The monoisotopic (exact) mass is 635 g/mol. The number of hydrogen-bond acceptors (Lipinski definition) is 11. The molecule has 0 spiro atoms. The first kappa shape index (κ1) is 40.2. The zero-order valence-electron chi connectivity index (χ0n) is 22.3. The highest BCUT2D eigenvalue weighted by atomic mass is 32.2. The van der Waals surface area contributed by atoms with E-state index in [1.54, 1.807) is 17.0 Å². The number of carbonyl (C=O) groups is 4. The zero-order chi connectivity index (χ0) is 26.9. The third kappa shape index (κ3) is 8.06. The number of fused-ring (bicyclic) bond motifs is 1. The fourth-order valence-corrected chi connectivity index (χ4v) is 5.77. The first-order valence-electron chi connectivity index (χ1n) is 11.1. The number of Topliss-reactive ketones (excluding diaryl/α,β-unsaturated/α-hetero) is 1. The Balaban J connectivity index is 0. The first-order valence-corrected chi connectivity index (χ1v) is 13.0. The number of oxime groups is 1. The number of β-lactam (4-membered cyclic amide) rings is 1. The molecule has 0 aliphatic carbocycles. The van der Waals surface area contributed by atoms with Crippen molar-refractivity contribution in [1.82, 2.24) is 9.88 Å². The van der Waals surface area contributed by atoms with E-state index in [1.807, 2.05) is 18.2 Å². The molecule has 0 aromatic carbocycles. The maximum Gasteiger partial charge on any atom is 0.350 e. The van der Waals surface area contributed by atoms with E-state index in [-0.39, 0.29) is 62.6 Å². The smallest absolute Gasteiger partial charge is 0.350 e. The van der Waals surface area contributed by atoms with Gasteiger partial charge in [-0.2, -0.15) is 0 Å². The summed E-state index contributed by atoms with van der Waals surface area (Å²) in [5.41, 5.74) is 4.12. The summed E-state index contributed by atoms with van der Waals surface area (Å²) in [5, 5.41) is 26.1. The summed E-state index contributed by atoms with van der Waals surface area (Å²) in [6.07, 6.45) is 3.27. The quantitative estimate of drug-likeness (QED) is 0.109. The molecule has 1 amide bonds. The molecule has 0 saturated carbocycles. The van der Waals surface area contributed by atoms with E-state index in [2.05, 4.69) is 10.1 Å². The number of aliphatic carboxylic acids is 2. The van der Waals surface area contributed by atoms with E-state index >= 15 is 0 Å². The van der Waals surface area contributed by atoms with Gasteiger partial charge in [-0.3, -0.25) is 14.5 Å². The molecule has 17 nitrogen and oxygen atoms in total. The molecule has 42 heavy (non-hydrogen) atoms. The van der Waals surface area contributed by atoms with Gasteiger partial charge in [0.15, 0.2) is 35.6 Å². The number of carbonyl (C=O) groups excluding carboxylic acids is 3. The van der Waals surface area contributed by atoms with Gasteiger partial charge < -0.3 is 53.0 Å². The summed E-state index contributed by atoms with van der Waals surface area (Å²) in [5.74, 6) is -4.37. The number of rotatable bonds is 10. The van der Waals surface area contributed by atoms with E-state index in [0.717, 1.165) is 11.3 Å². The van der Waals surface area contributed by atoms with E-state index in [0.29, 0.717) is 11.3 Å². The van der Waals surface area contributed by atoms with Crippen molar-refractivity contribution in [2.45, 2.75) is 37.8 Å². The number of carboxylic acid groups (broad SMARTS) is 2. The van der Waals surface area contributed by atoms with Crippen molar-refractivity contribution in [2.75, 3.05) is 11.5 Å². The molecule has 234 valence electrons. The lowest BCUT2D eigenvalue weighted by molar-refractivity contribution is -0.689. The van der Waals surface area contributed by atoms with Gasteiger partial charge in [-0.15, -0.1) is 23.1 Å². The van der Waals surface area contributed by atoms with Gasteiger partial charge in [-0.25, -0.2) is 14.3 Å². The molecular formula is C23H33N5O12S2. The number of hydrogen-bond donors (Lipinski definition) is 2. The lowest BCUT2D eigenvalue weighted by Gasteiger charge is -2.50. The largest absolute Gasteiger partial charge is 0.543 e. The Bertz CT molecular complexity index is 1330. The number of nitrogen functional groups attached to an aromatic ring is 1. The Kier molecular flexibility index (Phi) is 15.2. The number of pyridine rings is 1. The molecule has 0 unspecified atom stereocenters. The number of amides is 1. The van der Waals surface area contributed by atoms with Crippen molar-refractivity contribution in [3.8, 4) is 0 Å². The van der Waals surface area contributed by atoms with Crippen molar-refractivity contribution in [3.05, 3.63) is 52.9 Å². The van der Waals surface area contributed by atoms with E-state index in [4.69, 9.17) is 10.6 Å². The standard InChI is InChI=1S/C23H23N5O7S2.5H2O/c1-23(2,21(33)34)35-26-16(14-11-37-22(24)25-14)15(29)8-13-18(30)28-17(20(31)32)12(10-36-19(13)28)9-27-6-4-3-5-7-27;;;;;/h3-7,11,13,19H,8-10H2,1-2H3,(H3-,24,25,31,32,33,34);5*1H2/b26-16-;;;;;/t13-,19-;;;;;/m1...../s1. The van der Waals surface area contributed by atoms with Crippen LogP contribution in [0.25, 0.3) is 0 Å². The molecule has 19 heteroatoms. The van der Waals surface area contributed by atoms with Crippen LogP contribution in [0.4, 0.5) is 5.13 Å². The van der Waals surface area contributed by atoms with Crippen LogP contribution >= 0.6 is 23.1 Å². The van der Waals surface area contributed by atoms with Crippen LogP contribution in [0.2, 0.25) is 0 Å². The van der Waals surface area contributed by atoms with Crippen molar-refractivity contribution in [2.24, 2.45) is 11.1 Å². The third-order valence-corrected chi connectivity index (χ3v) is 7.89. The topological polar surface area (TPSA) is 337 Å². The van der Waals surface area contributed by atoms with Crippen molar-refractivity contribution in [3.63, 3.8) is 0 Å². The van der Waals surface area contributed by atoms with Crippen LogP contribution in [0, 0.1) is 5.92 Å². The second-order valence-corrected chi connectivity index (χ2v) is 10.8. The normalized spacial score (nSPS) is 17.4. The molecule has 0 radical (unpaired) electrons. The molecule has 2 aromatic rings. The number of ketones is 1. The van der Waals surface area contributed by atoms with Crippen LogP contribution in [-0.2, 0) is 30.6 Å². The van der Waals surface area contributed by atoms with Gasteiger partial charge in [-0.1, -0.05) is 11.2 Å². The summed E-state index contributed by atoms with van der Waals surface area (Å²) < 4.78 is 1.80. The van der Waals surface area contributed by atoms with Gasteiger partial charge in [0, 0.05) is 35.3 Å². The van der Waals surface area contributed by atoms with Gasteiger partial charge in [0.25, 0.3) is 0 Å². The third-order valence-electron chi connectivity index (χ3n) is 5.82. The number of carboxylic acids is 2. The van der Waals surface area contributed by atoms with Gasteiger partial charge in [0.05, 0.1) is 23.0 Å². The maximum atomic E-state index is 13.2. The van der Waals surface area contributed by atoms with Crippen molar-refractivity contribution >= 4 is 57.6 Å². The molecule has 2 aromatic heterocycles. The average Bonchev–Trinajstić information content (AvgIpc) is 3.28. The molecular weight excluding hydrogens is 602 g/mol. The highest BCUT2D eigenvalue weighted by Gasteiger charge is 2.53. The van der Waals surface area contributed by atoms with Crippen LogP contribution in [0.5, 0.6) is 0 Å². The SMILES string of the molecule is CC(C)(O/N=C(\C(=O)C[C@@H]1C(=O)N2C(C(=O)[O-])=C(C[n+]3ccccc3)CS[C@H]12)c1csc(N)n1)C(=O)O.O.O.O.O.O. The highest BCUT2D eigenvalue weighted by Crippen LogP contribution is 2.45. The fraction of sp³-hybridized carbons (Fsp3) is 0.348. The molecule has 0 bridgehead atoms. The van der Waals surface area contributed by atoms with Gasteiger partial charge in [-0.05, 0) is 13.8 Å². The number of nitrogens with zero attached hydrogens (tertiary/aromatic N) is 4. The number of nitrogens with two attached hydrogens (primary N) is 1. The molecule has 4 heterocycles. The molecule has 4 rings (SSSR count). The predicted molar refractivity (Wildman–Crippen MR) is 149 cm³/mol. The average molecular weight is 636 g/mol. The van der Waals surface area contributed by atoms with Crippen LogP contribution < -0.4 is 15.4 Å². The van der Waals surface area contributed by atoms with Crippen LogP contribution in [-0.4, -0.2) is 88.4 Å². The Hall–Kier alpha value is -3.98. The molecule has 2 atom stereocenters. The minimum Gasteiger partial charge on any atom is -0.543 e. The Morgan fingerprint density at radius 3 is 2.33 bits per heavy atom. The lowest BCUT2D eigenvalue weighted by Crippen LogP contribution is -2.63. The second kappa shape index (κ2) is 15.9. The second-order valence-electron chi connectivity index (χ2n) is 8.85. The lowest BCUT2D eigenvalue weighted by atomic mass is 9.89. The van der Waals surface area contributed by atoms with Crippen molar-refractivity contribution in [1.29, 1.82) is 0 Å². The zero-order valence-corrected chi connectivity index (χ0v) is 24.0. The van der Waals surface area contributed by atoms with E-state index in [1.165, 1.54) is 35.9 Å². The minimum atomic E-state index is -1.73. The molecule has 1 saturated heterocycles. The Morgan fingerprint density at radius 2 is 1.81 bits per heavy atom. The van der Waals surface area contributed by atoms with Crippen molar-refractivity contribution < 1.29 is 66.2 Å². The highest BCUT2D eigenvalue weighted by molar-refractivity contribution is 8.00. The molecule has 2 aliphatic rings. The summed E-state index contributed by atoms with van der Waals surface area (Å²) in [6, 6.07) is 5.46. The van der Waals surface area contributed by atoms with E-state index in [9.17, 15) is 29.4 Å². The van der Waals surface area contributed by atoms with Crippen LogP contribution in [0.3, 0.4) is 0 Å². The summed E-state index contributed by atoms with van der Waals surface area (Å²) in [4.78, 5) is 60.0. The maximum absolute atomic E-state index is 13.2. The Morgan fingerprint density at radius 1 is 1.19 bits per heavy atom. The number of aromatic nitrogens is 2. The summed E-state index contributed by atoms with van der Waals surface area (Å²) in [6.45, 7) is 2.80. The summed E-state index contributed by atoms with van der Waals surface area (Å²) in [7, 11) is 0. The van der Waals surface area contributed by atoms with Gasteiger partial charge >= 0.3 is 5.97 Å².